The average Bonchev–Trinajstić information content (AvgIpc) is 3.19. The number of carbonyl (C=O) groups excluding carboxylic acids is 1. The van der Waals surface area contributed by atoms with Crippen LogP contribution in [0.15, 0.2) is 24.3 Å². The van der Waals surface area contributed by atoms with Crippen molar-refractivity contribution in [1.82, 2.24) is 5.32 Å². The van der Waals surface area contributed by atoms with Crippen molar-refractivity contribution in [2.24, 2.45) is 11.8 Å². The molecule has 2 atom stereocenters. The van der Waals surface area contributed by atoms with E-state index >= 15 is 0 Å². The molecule has 1 amide bonds. The number of nitrogen functional groups attached to an aromatic ring is 1. The van der Waals surface area contributed by atoms with Crippen LogP contribution in [0.1, 0.15) is 51.5 Å². The maximum Gasteiger partial charge on any atom is 0.230 e. The number of rotatable bonds is 3. The molecular formula is C18H26N2O. The van der Waals surface area contributed by atoms with Crippen LogP contribution in [-0.2, 0) is 10.2 Å². The summed E-state index contributed by atoms with van der Waals surface area (Å²) in [6, 6.07) is 8.16. The maximum absolute atomic E-state index is 12.8. The Labute approximate surface area is 127 Å². The Morgan fingerprint density at radius 1 is 1.10 bits per heavy atom. The van der Waals surface area contributed by atoms with Crippen LogP contribution < -0.4 is 11.1 Å². The summed E-state index contributed by atoms with van der Waals surface area (Å²) in [5.41, 5.74) is 7.34. The largest absolute Gasteiger partial charge is 0.399 e. The summed E-state index contributed by atoms with van der Waals surface area (Å²) in [5, 5.41) is 3.33. The molecule has 0 radical (unpaired) electrons. The van der Waals surface area contributed by atoms with Gasteiger partial charge in [-0.15, -0.1) is 0 Å². The Kier molecular flexibility index (Phi) is 3.68. The third-order valence-corrected chi connectivity index (χ3v) is 5.16. The Hall–Kier alpha value is -1.51. The smallest absolute Gasteiger partial charge is 0.230 e. The summed E-state index contributed by atoms with van der Waals surface area (Å²) in [5.74, 6) is 1.65. The number of amides is 1. The molecule has 114 valence electrons. The van der Waals surface area contributed by atoms with Crippen molar-refractivity contribution in [1.29, 1.82) is 0 Å². The van der Waals surface area contributed by atoms with Crippen LogP contribution in [0, 0.1) is 11.8 Å². The fourth-order valence-electron chi connectivity index (χ4n) is 3.96. The average molecular weight is 286 g/mol. The lowest BCUT2D eigenvalue weighted by molar-refractivity contribution is -0.124. The van der Waals surface area contributed by atoms with E-state index in [-0.39, 0.29) is 11.3 Å². The molecule has 1 aromatic carbocycles. The summed E-state index contributed by atoms with van der Waals surface area (Å²) in [6.45, 7) is 4.59. The Morgan fingerprint density at radius 3 is 2.19 bits per heavy atom. The molecule has 3 nitrogen and oxygen atoms in total. The highest BCUT2D eigenvalue weighted by molar-refractivity contribution is 5.91. The van der Waals surface area contributed by atoms with Gasteiger partial charge in [0.25, 0.3) is 0 Å². The van der Waals surface area contributed by atoms with Crippen LogP contribution in [-0.4, -0.2) is 11.9 Å². The van der Waals surface area contributed by atoms with E-state index in [1.54, 1.807) is 0 Å². The summed E-state index contributed by atoms with van der Waals surface area (Å²) >= 11 is 0. The molecule has 21 heavy (non-hydrogen) atoms. The number of hydrogen-bond donors (Lipinski definition) is 2. The molecule has 3 N–H and O–H groups in total. The monoisotopic (exact) mass is 286 g/mol. The minimum Gasteiger partial charge on any atom is -0.399 e. The summed E-state index contributed by atoms with van der Waals surface area (Å²) in [4.78, 5) is 12.8. The van der Waals surface area contributed by atoms with Crippen LogP contribution in [0.3, 0.4) is 0 Å². The molecule has 2 fully saturated rings. The SMILES string of the molecule is CC1CC(C)CC(NC(=O)C2(c3ccc(N)cc3)CC2)C1. The van der Waals surface area contributed by atoms with Gasteiger partial charge in [0.15, 0.2) is 0 Å². The zero-order valence-corrected chi connectivity index (χ0v) is 13.1. The molecule has 0 spiro atoms. The zero-order valence-electron chi connectivity index (χ0n) is 13.1. The predicted molar refractivity (Wildman–Crippen MR) is 85.9 cm³/mol. The molecule has 0 bridgehead atoms. The number of anilines is 1. The Morgan fingerprint density at radius 2 is 1.67 bits per heavy atom. The second-order valence-electron chi connectivity index (χ2n) is 7.29. The van der Waals surface area contributed by atoms with Crippen molar-refractivity contribution in [2.75, 3.05) is 5.73 Å². The Balaban J connectivity index is 1.69. The van der Waals surface area contributed by atoms with Crippen molar-refractivity contribution < 1.29 is 4.79 Å². The van der Waals surface area contributed by atoms with Gasteiger partial charge < -0.3 is 11.1 Å². The maximum atomic E-state index is 12.8. The first-order chi connectivity index (χ1) is 9.99. The van der Waals surface area contributed by atoms with Crippen molar-refractivity contribution >= 4 is 11.6 Å². The quantitative estimate of drug-likeness (QED) is 0.838. The van der Waals surface area contributed by atoms with E-state index in [4.69, 9.17) is 5.73 Å². The van der Waals surface area contributed by atoms with Crippen molar-refractivity contribution in [2.45, 2.75) is 57.4 Å². The van der Waals surface area contributed by atoms with Gasteiger partial charge in [-0.1, -0.05) is 26.0 Å². The third-order valence-electron chi connectivity index (χ3n) is 5.16. The highest BCUT2D eigenvalue weighted by atomic mass is 16.2. The van der Waals surface area contributed by atoms with E-state index in [9.17, 15) is 4.79 Å². The molecule has 3 heteroatoms. The summed E-state index contributed by atoms with van der Waals surface area (Å²) < 4.78 is 0. The van der Waals surface area contributed by atoms with Crippen LogP contribution in [0.5, 0.6) is 0 Å². The standard InChI is InChI=1S/C18H26N2O/c1-12-9-13(2)11-16(10-12)20-17(21)18(7-8-18)14-3-5-15(19)6-4-14/h3-6,12-13,16H,7-11,19H2,1-2H3,(H,20,21). The first-order valence-corrected chi connectivity index (χ1v) is 8.16. The third kappa shape index (κ3) is 2.92. The Bertz CT molecular complexity index is 509. The van der Waals surface area contributed by atoms with Crippen LogP contribution in [0.4, 0.5) is 5.69 Å². The van der Waals surface area contributed by atoms with Gasteiger partial charge in [-0.3, -0.25) is 4.79 Å². The predicted octanol–water partition coefficient (Wildman–Crippen LogP) is 3.24. The van der Waals surface area contributed by atoms with E-state index < -0.39 is 0 Å². The summed E-state index contributed by atoms with van der Waals surface area (Å²) in [7, 11) is 0. The molecule has 1 aromatic rings. The molecule has 2 unspecified atom stereocenters. The van der Waals surface area contributed by atoms with Crippen LogP contribution >= 0.6 is 0 Å². The lowest BCUT2D eigenvalue weighted by Crippen LogP contribution is -2.44. The molecule has 2 aliphatic carbocycles. The second-order valence-corrected chi connectivity index (χ2v) is 7.29. The minimum atomic E-state index is -0.280. The molecule has 2 saturated carbocycles. The molecule has 0 saturated heterocycles. The van der Waals surface area contributed by atoms with Gasteiger partial charge in [0, 0.05) is 11.7 Å². The molecule has 0 heterocycles. The van der Waals surface area contributed by atoms with Gasteiger partial charge in [-0.2, -0.15) is 0 Å². The second kappa shape index (κ2) is 5.36. The van der Waals surface area contributed by atoms with Gasteiger partial charge in [-0.05, 0) is 61.6 Å². The topological polar surface area (TPSA) is 55.1 Å². The molecular weight excluding hydrogens is 260 g/mol. The van der Waals surface area contributed by atoms with Crippen LogP contribution in [0.25, 0.3) is 0 Å². The van der Waals surface area contributed by atoms with Gasteiger partial charge in [0.05, 0.1) is 5.41 Å². The van der Waals surface area contributed by atoms with E-state index in [0.717, 1.165) is 36.9 Å². The number of nitrogens with two attached hydrogens (primary N) is 1. The highest BCUT2D eigenvalue weighted by Gasteiger charge is 2.51. The fraction of sp³-hybridized carbons (Fsp3) is 0.611. The van der Waals surface area contributed by atoms with Crippen molar-refractivity contribution in [3.8, 4) is 0 Å². The first kappa shape index (κ1) is 14.4. The molecule has 2 aliphatic rings. The van der Waals surface area contributed by atoms with E-state index in [1.165, 1.54) is 6.42 Å². The van der Waals surface area contributed by atoms with Gasteiger partial charge >= 0.3 is 0 Å². The van der Waals surface area contributed by atoms with Crippen LogP contribution in [0.2, 0.25) is 0 Å². The molecule has 3 rings (SSSR count). The van der Waals surface area contributed by atoms with E-state index in [1.807, 2.05) is 24.3 Å². The highest BCUT2D eigenvalue weighted by Crippen LogP contribution is 2.48. The van der Waals surface area contributed by atoms with E-state index in [2.05, 4.69) is 19.2 Å². The van der Waals surface area contributed by atoms with Gasteiger partial charge in [0.1, 0.15) is 0 Å². The van der Waals surface area contributed by atoms with Crippen molar-refractivity contribution in [3.63, 3.8) is 0 Å². The number of benzene rings is 1. The lowest BCUT2D eigenvalue weighted by atomic mass is 9.80. The number of carbonyl (C=O) groups is 1. The van der Waals surface area contributed by atoms with Crippen molar-refractivity contribution in [3.05, 3.63) is 29.8 Å². The minimum absolute atomic E-state index is 0.221. The number of nitrogens with one attached hydrogen (secondary N) is 1. The first-order valence-electron chi connectivity index (χ1n) is 8.16. The van der Waals surface area contributed by atoms with E-state index in [0.29, 0.717) is 17.9 Å². The fourth-order valence-corrected chi connectivity index (χ4v) is 3.96. The summed E-state index contributed by atoms with van der Waals surface area (Å²) in [6.07, 6.45) is 5.44. The number of hydrogen-bond acceptors (Lipinski definition) is 2. The lowest BCUT2D eigenvalue weighted by Gasteiger charge is -2.33. The molecule has 0 aliphatic heterocycles. The van der Waals surface area contributed by atoms with Gasteiger partial charge in [0.2, 0.25) is 5.91 Å². The van der Waals surface area contributed by atoms with Gasteiger partial charge in [-0.25, -0.2) is 0 Å². The zero-order chi connectivity index (χ0) is 15.0. The normalized spacial score (nSPS) is 30.7. The molecule has 0 aromatic heterocycles.